The molecule has 0 aliphatic heterocycles. The number of thiophene rings is 1. The Bertz CT molecular complexity index is 584. The van der Waals surface area contributed by atoms with E-state index in [-0.39, 0.29) is 28.8 Å². The average molecular weight is 400 g/mol. The van der Waals surface area contributed by atoms with Gasteiger partial charge in [-0.25, -0.2) is 17.9 Å². The van der Waals surface area contributed by atoms with E-state index in [4.69, 9.17) is 5.11 Å². The summed E-state index contributed by atoms with van der Waals surface area (Å²) in [6, 6.07) is 1.29. The predicted octanol–water partition coefficient (Wildman–Crippen LogP) is 1.98. The molecule has 0 aliphatic rings. The Labute approximate surface area is 136 Å². The summed E-state index contributed by atoms with van der Waals surface area (Å²) >= 11 is 4.16. The standard InChI is InChI=1S/C12H18BrNO5S2/c1-3-8(4-5-15)7-14-21(17,18)10-6-9(12(16)19-2)20-11(10)13/h6,8,14-15H,3-5,7H2,1-2H3. The lowest BCUT2D eigenvalue weighted by molar-refractivity contribution is 0.0606. The monoisotopic (exact) mass is 399 g/mol. The van der Waals surface area contributed by atoms with Crippen LogP contribution in [0.3, 0.4) is 0 Å². The van der Waals surface area contributed by atoms with Crippen LogP contribution >= 0.6 is 27.3 Å². The quantitative estimate of drug-likeness (QED) is 0.651. The maximum absolute atomic E-state index is 12.3. The molecule has 0 fully saturated rings. The van der Waals surface area contributed by atoms with Crippen molar-refractivity contribution in [1.29, 1.82) is 0 Å². The van der Waals surface area contributed by atoms with Gasteiger partial charge in [0.05, 0.1) is 10.9 Å². The minimum absolute atomic E-state index is 0.0201. The predicted molar refractivity (Wildman–Crippen MR) is 84.0 cm³/mol. The van der Waals surface area contributed by atoms with E-state index in [2.05, 4.69) is 25.4 Å². The fraction of sp³-hybridized carbons (Fsp3) is 0.583. The molecular weight excluding hydrogens is 382 g/mol. The van der Waals surface area contributed by atoms with Gasteiger partial charge >= 0.3 is 5.97 Å². The van der Waals surface area contributed by atoms with Gasteiger partial charge in [-0.05, 0) is 34.3 Å². The van der Waals surface area contributed by atoms with Gasteiger partial charge in [0.2, 0.25) is 10.0 Å². The summed E-state index contributed by atoms with van der Waals surface area (Å²) in [5, 5.41) is 8.92. The average Bonchev–Trinajstić information content (AvgIpc) is 2.85. The highest BCUT2D eigenvalue weighted by atomic mass is 79.9. The van der Waals surface area contributed by atoms with Gasteiger partial charge in [0.1, 0.15) is 9.77 Å². The molecule has 0 saturated carbocycles. The SMILES string of the molecule is CCC(CCO)CNS(=O)(=O)c1cc(C(=O)OC)sc1Br. The molecule has 1 aromatic rings. The number of aliphatic hydroxyl groups excluding tert-OH is 1. The summed E-state index contributed by atoms with van der Waals surface area (Å²) in [6.45, 7) is 2.20. The van der Waals surface area contributed by atoms with E-state index in [1.807, 2.05) is 6.92 Å². The normalized spacial score (nSPS) is 13.1. The Morgan fingerprint density at radius 3 is 2.76 bits per heavy atom. The van der Waals surface area contributed by atoms with Crippen LogP contribution in [-0.4, -0.2) is 39.8 Å². The highest BCUT2D eigenvalue weighted by Crippen LogP contribution is 2.32. The van der Waals surface area contributed by atoms with Gasteiger partial charge in [-0.1, -0.05) is 13.3 Å². The lowest BCUT2D eigenvalue weighted by atomic mass is 10.0. The van der Waals surface area contributed by atoms with Crippen molar-refractivity contribution in [2.75, 3.05) is 20.3 Å². The van der Waals surface area contributed by atoms with Crippen molar-refractivity contribution in [3.8, 4) is 0 Å². The molecule has 120 valence electrons. The third-order valence-electron chi connectivity index (χ3n) is 3.01. The molecule has 21 heavy (non-hydrogen) atoms. The first-order chi connectivity index (χ1) is 9.85. The summed E-state index contributed by atoms with van der Waals surface area (Å²) in [4.78, 5) is 11.7. The number of carbonyl (C=O) groups excluding carboxylic acids is 1. The van der Waals surface area contributed by atoms with Gasteiger partial charge in [-0.15, -0.1) is 11.3 Å². The van der Waals surface area contributed by atoms with Gasteiger partial charge in [0, 0.05) is 13.2 Å². The van der Waals surface area contributed by atoms with Crippen LogP contribution in [0.1, 0.15) is 29.4 Å². The number of nitrogens with one attached hydrogen (secondary N) is 1. The zero-order valence-electron chi connectivity index (χ0n) is 11.8. The van der Waals surface area contributed by atoms with Gasteiger partial charge in [-0.3, -0.25) is 0 Å². The first-order valence-corrected chi connectivity index (χ1v) is 9.43. The molecule has 0 radical (unpaired) electrons. The van der Waals surface area contributed by atoms with Crippen LogP contribution in [0.15, 0.2) is 14.7 Å². The first kappa shape index (κ1) is 18.6. The third kappa shape index (κ3) is 5.03. The minimum Gasteiger partial charge on any atom is -0.465 e. The van der Waals surface area contributed by atoms with Crippen molar-refractivity contribution in [3.63, 3.8) is 0 Å². The largest absolute Gasteiger partial charge is 0.465 e. The van der Waals surface area contributed by atoms with Crippen molar-refractivity contribution in [2.45, 2.75) is 24.7 Å². The second-order valence-electron chi connectivity index (χ2n) is 4.38. The molecule has 2 N–H and O–H groups in total. The highest BCUT2D eigenvalue weighted by Gasteiger charge is 2.24. The maximum Gasteiger partial charge on any atom is 0.348 e. The van der Waals surface area contributed by atoms with E-state index in [0.717, 1.165) is 17.8 Å². The molecule has 9 heteroatoms. The second kappa shape index (κ2) is 8.23. The van der Waals surface area contributed by atoms with Crippen LogP contribution in [0.4, 0.5) is 0 Å². The Kier molecular flexibility index (Phi) is 7.28. The maximum atomic E-state index is 12.3. The van der Waals surface area contributed by atoms with Crippen LogP contribution in [0.5, 0.6) is 0 Å². The number of methoxy groups -OCH3 is 1. The molecule has 0 aromatic carbocycles. The fourth-order valence-electron chi connectivity index (χ4n) is 1.67. The number of hydrogen-bond acceptors (Lipinski definition) is 6. The number of ether oxygens (including phenoxy) is 1. The van der Waals surface area contributed by atoms with Crippen LogP contribution in [-0.2, 0) is 14.8 Å². The molecule has 1 rings (SSSR count). The third-order valence-corrected chi connectivity index (χ3v) is 6.66. The first-order valence-electron chi connectivity index (χ1n) is 6.33. The Balaban J connectivity index is 2.88. The Morgan fingerprint density at radius 2 is 2.24 bits per heavy atom. The summed E-state index contributed by atoms with van der Waals surface area (Å²) in [7, 11) is -2.47. The van der Waals surface area contributed by atoms with Crippen molar-refractivity contribution < 1.29 is 23.1 Å². The number of hydrogen-bond donors (Lipinski definition) is 2. The summed E-state index contributed by atoms with van der Waals surface area (Å²) < 4.78 is 31.9. The van der Waals surface area contributed by atoms with Crippen molar-refractivity contribution in [2.24, 2.45) is 5.92 Å². The Morgan fingerprint density at radius 1 is 1.57 bits per heavy atom. The van der Waals surface area contributed by atoms with Gasteiger partial charge < -0.3 is 9.84 Å². The lowest BCUT2D eigenvalue weighted by Crippen LogP contribution is -2.29. The van der Waals surface area contributed by atoms with Crippen LogP contribution < -0.4 is 4.72 Å². The van der Waals surface area contributed by atoms with E-state index in [1.165, 1.54) is 13.2 Å². The minimum atomic E-state index is -3.71. The number of halogens is 1. The lowest BCUT2D eigenvalue weighted by Gasteiger charge is -2.14. The summed E-state index contributed by atoms with van der Waals surface area (Å²) in [5.41, 5.74) is 0. The van der Waals surface area contributed by atoms with Gasteiger partial charge in [0.15, 0.2) is 0 Å². The number of sulfonamides is 1. The molecular formula is C12H18BrNO5S2. The molecule has 6 nitrogen and oxygen atoms in total. The number of carbonyl (C=O) groups is 1. The molecule has 0 saturated heterocycles. The van der Waals surface area contributed by atoms with Crippen LogP contribution in [0.25, 0.3) is 0 Å². The topological polar surface area (TPSA) is 92.7 Å². The summed E-state index contributed by atoms with van der Waals surface area (Å²) in [6.07, 6.45) is 1.30. The molecule has 1 atom stereocenters. The molecule has 1 unspecified atom stereocenters. The number of rotatable bonds is 8. The highest BCUT2D eigenvalue weighted by molar-refractivity contribution is 9.11. The summed E-state index contributed by atoms with van der Waals surface area (Å²) in [5.74, 6) is -0.504. The number of aliphatic hydroxyl groups is 1. The molecule has 0 spiro atoms. The van der Waals surface area contributed by atoms with E-state index < -0.39 is 16.0 Å². The Hall–Kier alpha value is -0.480. The van der Waals surface area contributed by atoms with Crippen molar-refractivity contribution >= 4 is 43.3 Å². The smallest absolute Gasteiger partial charge is 0.348 e. The molecule has 0 bridgehead atoms. The molecule has 0 amide bonds. The number of esters is 1. The zero-order chi connectivity index (χ0) is 16.0. The van der Waals surface area contributed by atoms with E-state index in [1.54, 1.807) is 0 Å². The van der Waals surface area contributed by atoms with Gasteiger partial charge in [0.25, 0.3) is 0 Å². The van der Waals surface area contributed by atoms with Gasteiger partial charge in [-0.2, -0.15) is 0 Å². The van der Waals surface area contributed by atoms with E-state index >= 15 is 0 Å². The molecule has 0 aliphatic carbocycles. The van der Waals surface area contributed by atoms with E-state index in [0.29, 0.717) is 10.2 Å². The van der Waals surface area contributed by atoms with E-state index in [9.17, 15) is 13.2 Å². The second-order valence-corrected chi connectivity index (χ2v) is 8.48. The van der Waals surface area contributed by atoms with Crippen molar-refractivity contribution in [1.82, 2.24) is 4.72 Å². The van der Waals surface area contributed by atoms with Crippen LogP contribution in [0.2, 0.25) is 0 Å². The van der Waals surface area contributed by atoms with Crippen molar-refractivity contribution in [3.05, 3.63) is 14.7 Å². The zero-order valence-corrected chi connectivity index (χ0v) is 15.0. The van der Waals surface area contributed by atoms with Crippen LogP contribution in [0, 0.1) is 5.92 Å². The fourth-order valence-corrected chi connectivity index (χ4v) is 5.27. The molecule has 1 aromatic heterocycles. The molecule has 1 heterocycles.